The number of ether oxygens (including phenoxy) is 2. The van der Waals surface area contributed by atoms with Gasteiger partial charge in [0.1, 0.15) is 30.0 Å². The molecule has 2 atom stereocenters. The van der Waals surface area contributed by atoms with Crippen LogP contribution in [0.5, 0.6) is 5.75 Å². The summed E-state index contributed by atoms with van der Waals surface area (Å²) in [5.41, 5.74) is 7.60. The molecule has 2 rings (SSSR count). The predicted octanol–water partition coefficient (Wildman–Crippen LogP) is 2.55. The fourth-order valence-corrected chi connectivity index (χ4v) is 3.86. The highest BCUT2D eigenvalue weighted by atomic mass is 16.6. The van der Waals surface area contributed by atoms with E-state index in [1.165, 1.54) is 0 Å². The topological polar surface area (TPSA) is 176 Å². The molecule has 0 aliphatic heterocycles. The number of rotatable bonds is 11. The number of nitrogens with two attached hydrogens (primary N) is 1. The van der Waals surface area contributed by atoms with Crippen molar-refractivity contribution in [1.29, 1.82) is 5.41 Å². The highest BCUT2D eigenvalue weighted by molar-refractivity contribution is 5.90. The van der Waals surface area contributed by atoms with E-state index in [0.29, 0.717) is 0 Å². The molecule has 2 aromatic rings. The second-order valence-corrected chi connectivity index (χ2v) is 10.2. The van der Waals surface area contributed by atoms with Crippen LogP contribution in [0, 0.1) is 19.3 Å². The molecular weight excluding hydrogens is 502 g/mol. The van der Waals surface area contributed by atoms with Gasteiger partial charge in [0.2, 0.25) is 5.91 Å². The van der Waals surface area contributed by atoms with Crippen molar-refractivity contribution in [2.24, 2.45) is 5.73 Å². The number of aromatic hydroxyl groups is 1. The molecule has 0 aliphatic carbocycles. The fourth-order valence-electron chi connectivity index (χ4n) is 3.86. The van der Waals surface area contributed by atoms with Gasteiger partial charge >= 0.3 is 12.1 Å². The smallest absolute Gasteiger partial charge is 0.408 e. The van der Waals surface area contributed by atoms with Gasteiger partial charge in [0, 0.05) is 13.0 Å². The minimum absolute atomic E-state index is 0.0156. The second-order valence-electron chi connectivity index (χ2n) is 10.2. The largest absolute Gasteiger partial charge is 0.508 e. The van der Waals surface area contributed by atoms with Gasteiger partial charge in [0.15, 0.2) is 5.96 Å². The van der Waals surface area contributed by atoms with Gasteiger partial charge in [0.05, 0.1) is 0 Å². The Hall–Kier alpha value is -4.28. The first-order chi connectivity index (χ1) is 18.2. The number of benzene rings is 2. The average molecular weight is 542 g/mol. The SMILES string of the molecule is Cc1cc(O)cc(C)c1CC(NC(=O)C(CCNC(=N)N)NC(=O)OC(C)(C)C)C(=O)OCc1ccccc1. The molecule has 11 nitrogen and oxygen atoms in total. The van der Waals surface area contributed by atoms with Crippen molar-refractivity contribution in [3.63, 3.8) is 0 Å². The van der Waals surface area contributed by atoms with E-state index in [2.05, 4.69) is 16.0 Å². The minimum atomic E-state index is -1.10. The third-order valence-corrected chi connectivity index (χ3v) is 5.67. The van der Waals surface area contributed by atoms with Gasteiger partial charge in [-0.15, -0.1) is 0 Å². The van der Waals surface area contributed by atoms with Crippen LogP contribution in [0.4, 0.5) is 4.79 Å². The van der Waals surface area contributed by atoms with Crippen molar-refractivity contribution in [3.8, 4) is 5.75 Å². The van der Waals surface area contributed by atoms with Crippen molar-refractivity contribution >= 4 is 23.9 Å². The Morgan fingerprint density at radius 2 is 1.64 bits per heavy atom. The van der Waals surface area contributed by atoms with Crippen molar-refractivity contribution in [2.75, 3.05) is 6.54 Å². The molecule has 0 spiro atoms. The summed E-state index contributed by atoms with van der Waals surface area (Å²) < 4.78 is 10.8. The Labute approximate surface area is 229 Å². The molecular formula is C28H39N5O6. The van der Waals surface area contributed by atoms with E-state index < -0.39 is 35.7 Å². The van der Waals surface area contributed by atoms with Crippen molar-refractivity contribution < 1.29 is 29.0 Å². The van der Waals surface area contributed by atoms with Gasteiger partial charge in [0.25, 0.3) is 0 Å². The molecule has 0 aromatic heterocycles. The van der Waals surface area contributed by atoms with Crippen LogP contribution in [-0.2, 0) is 32.1 Å². The molecule has 0 saturated carbocycles. The predicted molar refractivity (Wildman–Crippen MR) is 147 cm³/mol. The number of amides is 2. The third kappa shape index (κ3) is 10.9. The zero-order valence-corrected chi connectivity index (χ0v) is 23.1. The average Bonchev–Trinajstić information content (AvgIpc) is 2.82. The lowest BCUT2D eigenvalue weighted by atomic mass is 9.95. The Kier molecular flexibility index (Phi) is 11.1. The van der Waals surface area contributed by atoms with Crippen LogP contribution in [0.25, 0.3) is 0 Å². The number of hydrogen-bond donors (Lipinski definition) is 6. The lowest BCUT2D eigenvalue weighted by Crippen LogP contribution is -2.54. The molecule has 0 heterocycles. The quantitative estimate of drug-likeness (QED) is 0.143. The molecule has 7 N–H and O–H groups in total. The van der Waals surface area contributed by atoms with Crippen molar-refractivity contribution in [3.05, 3.63) is 64.7 Å². The summed E-state index contributed by atoms with van der Waals surface area (Å²) in [4.78, 5) is 39.1. The van der Waals surface area contributed by atoms with Gasteiger partial charge in [-0.2, -0.15) is 0 Å². The van der Waals surface area contributed by atoms with E-state index in [1.54, 1.807) is 46.8 Å². The number of phenolic OH excluding ortho intramolecular Hbond substituents is 1. The summed E-state index contributed by atoms with van der Waals surface area (Å²) in [5.74, 6) is -1.48. The normalized spacial score (nSPS) is 12.5. The molecule has 2 amide bonds. The summed E-state index contributed by atoms with van der Waals surface area (Å²) in [7, 11) is 0. The third-order valence-electron chi connectivity index (χ3n) is 5.67. The maximum atomic E-state index is 13.4. The van der Waals surface area contributed by atoms with E-state index in [-0.39, 0.29) is 37.7 Å². The Morgan fingerprint density at radius 3 is 2.21 bits per heavy atom. The number of esters is 1. The molecule has 11 heteroatoms. The molecule has 0 fully saturated rings. The van der Waals surface area contributed by atoms with Gasteiger partial charge in [-0.1, -0.05) is 30.3 Å². The highest BCUT2D eigenvalue weighted by Crippen LogP contribution is 2.22. The number of aryl methyl sites for hydroxylation is 2. The van der Waals surface area contributed by atoms with Crippen LogP contribution in [0.1, 0.15) is 49.4 Å². The van der Waals surface area contributed by atoms with Crippen LogP contribution < -0.4 is 21.7 Å². The number of phenols is 1. The number of carbonyl (C=O) groups is 3. The van der Waals surface area contributed by atoms with Crippen LogP contribution >= 0.6 is 0 Å². The lowest BCUT2D eigenvalue weighted by Gasteiger charge is -2.25. The Bertz CT molecular complexity index is 1140. The monoisotopic (exact) mass is 541 g/mol. The molecule has 0 radical (unpaired) electrons. The van der Waals surface area contributed by atoms with Crippen LogP contribution in [0.2, 0.25) is 0 Å². The van der Waals surface area contributed by atoms with E-state index in [1.807, 2.05) is 30.3 Å². The first-order valence-corrected chi connectivity index (χ1v) is 12.6. The summed E-state index contributed by atoms with van der Waals surface area (Å²) in [6.07, 6.45) is -0.644. The minimum Gasteiger partial charge on any atom is -0.508 e. The van der Waals surface area contributed by atoms with E-state index in [4.69, 9.17) is 20.6 Å². The fraction of sp³-hybridized carbons (Fsp3) is 0.429. The summed E-state index contributed by atoms with van der Waals surface area (Å²) in [6.45, 7) is 8.82. The number of hydrogen-bond acceptors (Lipinski definition) is 7. The standard InChI is InChI=1S/C28H39N5O6/c1-17-13-20(34)14-18(2)21(17)15-23(25(36)38-16-19-9-7-6-8-10-19)32-24(35)22(11-12-31-26(29)30)33-27(37)39-28(3,4)5/h6-10,13-14,22-23,34H,11-12,15-16H2,1-5H3,(H,32,35)(H,33,37)(H4,29,30,31). The maximum Gasteiger partial charge on any atom is 0.408 e. The molecule has 212 valence electrons. The maximum absolute atomic E-state index is 13.4. The molecule has 2 unspecified atom stereocenters. The van der Waals surface area contributed by atoms with Gasteiger partial charge in [-0.3, -0.25) is 10.2 Å². The summed E-state index contributed by atoms with van der Waals surface area (Å²) in [5, 5.41) is 25.1. The number of alkyl carbamates (subject to hydrolysis) is 1. The van der Waals surface area contributed by atoms with Gasteiger partial charge in [-0.25, -0.2) is 9.59 Å². The highest BCUT2D eigenvalue weighted by Gasteiger charge is 2.30. The van der Waals surface area contributed by atoms with Gasteiger partial charge in [-0.05, 0) is 75.4 Å². The van der Waals surface area contributed by atoms with Crippen molar-refractivity contribution in [2.45, 2.75) is 71.8 Å². The zero-order chi connectivity index (χ0) is 29.2. The molecule has 39 heavy (non-hydrogen) atoms. The van der Waals surface area contributed by atoms with Crippen LogP contribution in [0.15, 0.2) is 42.5 Å². The van der Waals surface area contributed by atoms with Crippen molar-refractivity contribution in [1.82, 2.24) is 16.0 Å². The van der Waals surface area contributed by atoms with Crippen LogP contribution in [0.3, 0.4) is 0 Å². The second kappa shape index (κ2) is 14.0. The van der Waals surface area contributed by atoms with E-state index in [0.717, 1.165) is 22.3 Å². The molecule has 0 saturated heterocycles. The summed E-state index contributed by atoms with van der Waals surface area (Å²) >= 11 is 0. The summed E-state index contributed by atoms with van der Waals surface area (Å²) in [6, 6.07) is 10.1. The van der Waals surface area contributed by atoms with E-state index >= 15 is 0 Å². The Balaban J connectivity index is 2.27. The number of guanidine groups is 1. The van der Waals surface area contributed by atoms with E-state index in [9.17, 15) is 19.5 Å². The zero-order valence-electron chi connectivity index (χ0n) is 23.1. The van der Waals surface area contributed by atoms with Crippen LogP contribution in [-0.4, -0.2) is 53.3 Å². The first-order valence-electron chi connectivity index (χ1n) is 12.6. The number of nitrogens with one attached hydrogen (secondary N) is 4. The number of carbonyl (C=O) groups excluding carboxylic acids is 3. The van der Waals surface area contributed by atoms with Gasteiger partial charge < -0.3 is 36.3 Å². The molecule has 0 bridgehead atoms. The first kappa shape index (κ1) is 30.9. The Morgan fingerprint density at radius 1 is 1.03 bits per heavy atom. The molecule has 2 aromatic carbocycles. The lowest BCUT2D eigenvalue weighted by molar-refractivity contribution is -0.149. The molecule has 0 aliphatic rings.